The lowest BCUT2D eigenvalue weighted by Crippen LogP contribution is -2.51. The van der Waals surface area contributed by atoms with Crippen molar-refractivity contribution in [1.82, 2.24) is 4.90 Å². The molecule has 0 N–H and O–H groups in total. The second kappa shape index (κ2) is 8.94. The van der Waals surface area contributed by atoms with Gasteiger partial charge in [-0.05, 0) is 43.9 Å². The van der Waals surface area contributed by atoms with Crippen LogP contribution < -0.4 is 9.47 Å². The molecule has 0 spiro atoms. The lowest BCUT2D eigenvalue weighted by Gasteiger charge is -2.41. The molecule has 0 radical (unpaired) electrons. The first-order valence-electron chi connectivity index (χ1n) is 9.76. The van der Waals surface area contributed by atoms with E-state index in [0.29, 0.717) is 36.1 Å². The number of likely N-dealkylation sites (tertiary alicyclic amines) is 1. The molecular formula is C22H26N2O5. The van der Waals surface area contributed by atoms with Crippen molar-refractivity contribution in [1.29, 1.82) is 0 Å². The van der Waals surface area contributed by atoms with E-state index in [9.17, 15) is 14.8 Å². The van der Waals surface area contributed by atoms with Gasteiger partial charge in [0, 0.05) is 25.2 Å². The topological polar surface area (TPSA) is 82.8 Å². The van der Waals surface area contributed by atoms with Crippen LogP contribution in [0.3, 0.4) is 0 Å². The van der Waals surface area contributed by atoms with Crippen molar-refractivity contribution in [3.8, 4) is 5.75 Å². The van der Waals surface area contributed by atoms with Crippen LogP contribution >= 0.6 is 0 Å². The Kier molecular flexibility index (Phi) is 6.36. The summed E-state index contributed by atoms with van der Waals surface area (Å²) in [6.45, 7) is 2.90. The fourth-order valence-electron chi connectivity index (χ4n) is 3.88. The normalized spacial score (nSPS) is 18.9. The van der Waals surface area contributed by atoms with Gasteiger partial charge >= 0.3 is 5.97 Å². The number of methoxy groups -OCH3 is 1. The number of ether oxygens (including phenoxy) is 2. The third kappa shape index (κ3) is 4.67. The highest BCUT2D eigenvalue weighted by molar-refractivity contribution is 5.94. The summed E-state index contributed by atoms with van der Waals surface area (Å²) in [6.07, 6.45) is 4.39. The van der Waals surface area contributed by atoms with Gasteiger partial charge in [0.25, 0.3) is 5.91 Å². The van der Waals surface area contributed by atoms with Crippen LogP contribution in [0.4, 0.5) is 0 Å². The number of hydrogen-bond acceptors (Lipinski definition) is 5. The Morgan fingerprint density at radius 2 is 2.00 bits per heavy atom. The van der Waals surface area contributed by atoms with Crippen molar-refractivity contribution in [2.75, 3.05) is 26.8 Å². The molecule has 1 aromatic heterocycles. The minimum Gasteiger partial charge on any atom is -0.619 e. The average Bonchev–Trinajstić information content (AvgIpc) is 2.74. The van der Waals surface area contributed by atoms with Crippen LogP contribution in [-0.4, -0.2) is 43.6 Å². The second-order valence-electron chi connectivity index (χ2n) is 7.31. The predicted octanol–water partition coefficient (Wildman–Crippen LogP) is 2.36. The van der Waals surface area contributed by atoms with Gasteiger partial charge in [-0.25, -0.2) is 0 Å². The van der Waals surface area contributed by atoms with E-state index in [1.54, 1.807) is 18.9 Å². The number of nitrogens with zero attached hydrogens (tertiary/aromatic N) is 2. The maximum atomic E-state index is 13.0. The number of hydrogen-bond donors (Lipinski definition) is 0. The molecular weight excluding hydrogens is 372 g/mol. The largest absolute Gasteiger partial charge is 0.619 e. The number of aromatic nitrogens is 1. The van der Waals surface area contributed by atoms with E-state index in [4.69, 9.17) is 9.47 Å². The standard InChI is InChI=1S/C22H26N2O5/c1-3-29-21(26)22(15-17-6-4-7-19(14-17)28-2)10-5-11-23(16-22)20(25)18-8-12-24(27)13-9-18/h4,6-9,12-14H,3,5,10-11,15-16H2,1-2H3/t22-/m1/s1. The lowest BCUT2D eigenvalue weighted by molar-refractivity contribution is -0.605. The zero-order chi connectivity index (χ0) is 20.9. The highest BCUT2D eigenvalue weighted by Crippen LogP contribution is 2.36. The SMILES string of the molecule is CCOC(=O)[C@@]1(Cc2cccc(OC)c2)CCCN(C(=O)c2cc[n+]([O-])cc2)C1. The molecule has 1 saturated heterocycles. The number of benzene rings is 1. The van der Waals surface area contributed by atoms with Gasteiger partial charge in [-0.3, -0.25) is 9.59 Å². The molecule has 1 fully saturated rings. The van der Waals surface area contributed by atoms with Crippen molar-refractivity contribution in [3.05, 3.63) is 65.1 Å². The fourth-order valence-corrected chi connectivity index (χ4v) is 3.88. The molecule has 3 rings (SSSR count). The van der Waals surface area contributed by atoms with Crippen LogP contribution in [0.15, 0.2) is 48.8 Å². The van der Waals surface area contributed by atoms with Crippen molar-refractivity contribution >= 4 is 11.9 Å². The zero-order valence-corrected chi connectivity index (χ0v) is 16.8. The van der Waals surface area contributed by atoms with Crippen LogP contribution in [0.5, 0.6) is 5.75 Å². The van der Waals surface area contributed by atoms with E-state index < -0.39 is 5.41 Å². The average molecular weight is 398 g/mol. The first-order valence-corrected chi connectivity index (χ1v) is 9.76. The third-order valence-corrected chi connectivity index (χ3v) is 5.30. The fraction of sp³-hybridized carbons (Fsp3) is 0.409. The van der Waals surface area contributed by atoms with E-state index in [1.165, 1.54) is 24.5 Å². The number of rotatable bonds is 6. The maximum absolute atomic E-state index is 13.0. The predicted molar refractivity (Wildman–Crippen MR) is 106 cm³/mol. The number of piperidine rings is 1. The smallest absolute Gasteiger partial charge is 0.314 e. The molecule has 1 aromatic carbocycles. The quantitative estimate of drug-likeness (QED) is 0.424. The molecule has 0 aliphatic carbocycles. The van der Waals surface area contributed by atoms with Gasteiger partial charge in [0.1, 0.15) is 5.75 Å². The molecule has 0 unspecified atom stereocenters. The van der Waals surface area contributed by atoms with Gasteiger partial charge in [-0.15, -0.1) is 0 Å². The number of esters is 1. The molecule has 2 aromatic rings. The van der Waals surface area contributed by atoms with Crippen LogP contribution in [0.25, 0.3) is 0 Å². The summed E-state index contributed by atoms with van der Waals surface area (Å²) in [4.78, 5) is 27.7. The van der Waals surface area contributed by atoms with Crippen molar-refractivity contribution in [2.45, 2.75) is 26.2 Å². The Labute approximate surface area is 170 Å². The van der Waals surface area contributed by atoms with Gasteiger partial charge in [-0.2, -0.15) is 4.73 Å². The molecule has 7 nitrogen and oxygen atoms in total. The molecule has 0 bridgehead atoms. The number of amides is 1. The van der Waals surface area contributed by atoms with Crippen LogP contribution in [0.1, 0.15) is 35.7 Å². The third-order valence-electron chi connectivity index (χ3n) is 5.30. The monoisotopic (exact) mass is 398 g/mol. The first-order chi connectivity index (χ1) is 14.0. The summed E-state index contributed by atoms with van der Waals surface area (Å²) in [5.74, 6) is 0.246. The van der Waals surface area contributed by atoms with Gasteiger partial charge < -0.3 is 19.6 Å². The van der Waals surface area contributed by atoms with E-state index in [2.05, 4.69) is 0 Å². The number of pyridine rings is 1. The van der Waals surface area contributed by atoms with Gasteiger partial charge in [0.15, 0.2) is 12.4 Å². The molecule has 2 heterocycles. The number of carbonyl (C=O) groups is 2. The molecule has 1 amide bonds. The van der Waals surface area contributed by atoms with E-state index in [0.717, 1.165) is 11.3 Å². The second-order valence-corrected chi connectivity index (χ2v) is 7.31. The molecule has 1 aliphatic rings. The van der Waals surface area contributed by atoms with Crippen molar-refractivity contribution < 1.29 is 23.8 Å². The summed E-state index contributed by atoms with van der Waals surface area (Å²) >= 11 is 0. The summed E-state index contributed by atoms with van der Waals surface area (Å²) in [5.41, 5.74) is 0.570. The number of carbonyl (C=O) groups excluding carboxylic acids is 2. The lowest BCUT2D eigenvalue weighted by atomic mass is 9.75. The summed E-state index contributed by atoms with van der Waals surface area (Å²) in [7, 11) is 1.60. The molecule has 154 valence electrons. The van der Waals surface area contributed by atoms with E-state index >= 15 is 0 Å². The zero-order valence-electron chi connectivity index (χ0n) is 16.8. The molecule has 1 aliphatic heterocycles. The van der Waals surface area contributed by atoms with Gasteiger partial charge in [-0.1, -0.05) is 12.1 Å². The Hall–Kier alpha value is -3.09. The highest BCUT2D eigenvalue weighted by Gasteiger charge is 2.45. The minimum absolute atomic E-state index is 0.190. The molecule has 7 heteroatoms. The molecule has 0 saturated carbocycles. The molecule has 29 heavy (non-hydrogen) atoms. The summed E-state index contributed by atoms with van der Waals surface area (Å²) < 4.78 is 11.4. The summed E-state index contributed by atoms with van der Waals surface area (Å²) in [6, 6.07) is 10.6. The molecule has 1 atom stereocenters. The van der Waals surface area contributed by atoms with Crippen molar-refractivity contribution in [2.24, 2.45) is 5.41 Å². The minimum atomic E-state index is -0.816. The van der Waals surface area contributed by atoms with Crippen molar-refractivity contribution in [3.63, 3.8) is 0 Å². The Morgan fingerprint density at radius 3 is 2.69 bits per heavy atom. The van der Waals surface area contributed by atoms with Gasteiger partial charge in [0.2, 0.25) is 0 Å². The Balaban J connectivity index is 1.87. The van der Waals surface area contributed by atoms with Gasteiger partial charge in [0.05, 0.1) is 24.7 Å². The van der Waals surface area contributed by atoms with E-state index in [1.807, 2.05) is 24.3 Å². The van der Waals surface area contributed by atoms with E-state index in [-0.39, 0.29) is 25.0 Å². The first kappa shape index (κ1) is 20.6. The van der Waals surface area contributed by atoms with Crippen LogP contribution in [0.2, 0.25) is 0 Å². The Morgan fingerprint density at radius 1 is 1.24 bits per heavy atom. The highest BCUT2D eigenvalue weighted by atomic mass is 16.5. The van der Waals surface area contributed by atoms with Crippen LogP contribution in [0, 0.1) is 10.6 Å². The Bertz CT molecular complexity index is 868. The maximum Gasteiger partial charge on any atom is 0.314 e. The van der Waals surface area contributed by atoms with Crippen LogP contribution in [-0.2, 0) is 16.0 Å². The summed E-state index contributed by atoms with van der Waals surface area (Å²) in [5, 5.41) is 11.3.